The van der Waals surface area contributed by atoms with Gasteiger partial charge in [-0.1, -0.05) is 26.7 Å². The van der Waals surface area contributed by atoms with Crippen molar-refractivity contribution in [3.8, 4) is 0 Å². The fourth-order valence-electron chi connectivity index (χ4n) is 1.26. The van der Waals surface area contributed by atoms with E-state index >= 15 is 0 Å². The highest BCUT2D eigenvalue weighted by Gasteiger charge is 2.31. The molecule has 0 aromatic carbocycles. The van der Waals surface area contributed by atoms with Gasteiger partial charge in [0, 0.05) is 0 Å². The molecule has 0 aliphatic carbocycles. The molecule has 3 nitrogen and oxygen atoms in total. The van der Waals surface area contributed by atoms with Crippen LogP contribution in [0.5, 0.6) is 0 Å². The van der Waals surface area contributed by atoms with Crippen molar-refractivity contribution in [2.24, 2.45) is 0 Å². The second kappa shape index (κ2) is 7.35. The topological polar surface area (TPSA) is 38.3 Å². The number of ether oxygens (including phenoxy) is 1. The molecule has 1 N–H and O–H groups in total. The first-order chi connectivity index (χ1) is 7.39. The van der Waals surface area contributed by atoms with E-state index in [1.807, 2.05) is 6.92 Å². The Labute approximate surface area is 93.3 Å². The Hall–Kier alpha value is -0.940. The minimum atomic E-state index is -4.72. The molecule has 0 radical (unpaired) electrons. The van der Waals surface area contributed by atoms with E-state index in [0.29, 0.717) is 12.8 Å². The van der Waals surface area contributed by atoms with Crippen molar-refractivity contribution < 1.29 is 22.7 Å². The lowest BCUT2D eigenvalue weighted by molar-refractivity contribution is -0.151. The van der Waals surface area contributed by atoms with Crippen LogP contribution in [-0.2, 0) is 4.74 Å². The third-order valence-corrected chi connectivity index (χ3v) is 2.10. The molecule has 0 bridgehead atoms. The van der Waals surface area contributed by atoms with Crippen LogP contribution in [0.2, 0.25) is 0 Å². The highest BCUT2D eigenvalue weighted by Crippen LogP contribution is 2.13. The number of alkyl halides is 3. The lowest BCUT2D eigenvalue weighted by Gasteiger charge is -2.17. The third-order valence-electron chi connectivity index (χ3n) is 2.10. The van der Waals surface area contributed by atoms with Crippen molar-refractivity contribution in [1.29, 1.82) is 0 Å². The molecule has 0 aromatic rings. The van der Waals surface area contributed by atoms with E-state index in [4.69, 9.17) is 0 Å². The Morgan fingerprint density at radius 3 is 2.38 bits per heavy atom. The maximum atomic E-state index is 11.8. The van der Waals surface area contributed by atoms with Gasteiger partial charge < -0.3 is 4.74 Å². The maximum absolute atomic E-state index is 11.8. The van der Waals surface area contributed by atoms with Crippen LogP contribution in [0, 0.1) is 0 Å². The molecule has 0 saturated carbocycles. The summed E-state index contributed by atoms with van der Waals surface area (Å²) in [5.74, 6) is 0. The fraction of sp³-hybridized carbons (Fsp3) is 0.900. The van der Waals surface area contributed by atoms with Gasteiger partial charge >= 0.3 is 12.4 Å². The van der Waals surface area contributed by atoms with Crippen LogP contribution in [0.1, 0.15) is 46.0 Å². The second-order valence-electron chi connectivity index (χ2n) is 3.55. The van der Waals surface area contributed by atoms with Crippen molar-refractivity contribution in [2.45, 2.75) is 58.4 Å². The minimum Gasteiger partial charge on any atom is -0.446 e. The van der Waals surface area contributed by atoms with Crippen LogP contribution in [0.3, 0.4) is 0 Å². The number of halogens is 3. The number of hydrogen-bond donors (Lipinski definition) is 1. The highest BCUT2D eigenvalue weighted by atomic mass is 19.4. The largest absolute Gasteiger partial charge is 0.487 e. The van der Waals surface area contributed by atoms with E-state index in [-0.39, 0.29) is 0 Å². The zero-order chi connectivity index (χ0) is 12.6. The van der Waals surface area contributed by atoms with Crippen molar-refractivity contribution in [2.75, 3.05) is 0 Å². The highest BCUT2D eigenvalue weighted by molar-refractivity contribution is 5.67. The summed E-state index contributed by atoms with van der Waals surface area (Å²) in [6.45, 7) is 3.80. The molecule has 6 heteroatoms. The summed E-state index contributed by atoms with van der Waals surface area (Å²) in [5, 5.41) is 0.813. The molecule has 1 atom stereocenters. The van der Waals surface area contributed by atoms with Gasteiger partial charge in [0.2, 0.25) is 0 Å². The van der Waals surface area contributed by atoms with Crippen molar-refractivity contribution in [3.63, 3.8) is 0 Å². The van der Waals surface area contributed by atoms with E-state index in [2.05, 4.69) is 4.74 Å². The molecule has 0 rings (SSSR count). The summed E-state index contributed by atoms with van der Waals surface area (Å²) in [4.78, 5) is 10.8. The molecule has 1 amide bonds. The molecular formula is C10H18F3NO2. The zero-order valence-corrected chi connectivity index (χ0v) is 9.56. The molecule has 1 unspecified atom stereocenters. The van der Waals surface area contributed by atoms with E-state index < -0.39 is 18.5 Å². The van der Waals surface area contributed by atoms with Gasteiger partial charge in [0.05, 0.1) is 0 Å². The number of hydrogen-bond acceptors (Lipinski definition) is 2. The van der Waals surface area contributed by atoms with Crippen LogP contribution >= 0.6 is 0 Å². The molecule has 0 fully saturated rings. The number of carbonyl (C=O) groups excluding carboxylic acids is 1. The first-order valence-corrected chi connectivity index (χ1v) is 5.44. The number of rotatable bonds is 6. The minimum absolute atomic E-state index is 0.436. The van der Waals surface area contributed by atoms with E-state index in [1.165, 1.54) is 0 Å². The van der Waals surface area contributed by atoms with E-state index in [0.717, 1.165) is 24.6 Å². The summed E-state index contributed by atoms with van der Waals surface area (Å²) >= 11 is 0. The van der Waals surface area contributed by atoms with Gasteiger partial charge in [-0.2, -0.15) is 13.2 Å². The first-order valence-electron chi connectivity index (χ1n) is 5.44. The molecule has 16 heavy (non-hydrogen) atoms. The zero-order valence-electron chi connectivity index (χ0n) is 9.56. The number of unbranched alkanes of at least 4 members (excludes halogenated alkanes) is 2. The normalized spacial score (nSPS) is 13.3. The Morgan fingerprint density at radius 2 is 1.94 bits per heavy atom. The van der Waals surface area contributed by atoms with Crippen molar-refractivity contribution in [1.82, 2.24) is 5.32 Å². The van der Waals surface area contributed by atoms with Crippen molar-refractivity contribution in [3.05, 3.63) is 0 Å². The molecule has 0 aliphatic rings. The van der Waals surface area contributed by atoms with Crippen LogP contribution < -0.4 is 5.32 Å². The number of alkyl carbamates (subject to hydrolysis) is 1. The van der Waals surface area contributed by atoms with Crippen LogP contribution in [-0.4, -0.2) is 18.5 Å². The molecular weight excluding hydrogens is 223 g/mol. The van der Waals surface area contributed by atoms with Gasteiger partial charge in [0.25, 0.3) is 0 Å². The predicted molar refractivity (Wildman–Crippen MR) is 53.9 cm³/mol. The van der Waals surface area contributed by atoms with Gasteiger partial charge in [0.15, 0.2) is 0 Å². The Bertz CT molecular complexity index is 207. The quantitative estimate of drug-likeness (QED) is 0.570. The van der Waals surface area contributed by atoms with Crippen molar-refractivity contribution >= 4 is 6.09 Å². The third kappa shape index (κ3) is 8.38. The van der Waals surface area contributed by atoms with Gasteiger partial charge in [-0.25, -0.2) is 10.1 Å². The molecule has 0 heterocycles. The Morgan fingerprint density at radius 1 is 1.31 bits per heavy atom. The fourth-order valence-corrected chi connectivity index (χ4v) is 1.26. The summed E-state index contributed by atoms with van der Waals surface area (Å²) in [6, 6.07) is 0. The summed E-state index contributed by atoms with van der Waals surface area (Å²) < 4.78 is 39.9. The van der Waals surface area contributed by atoms with Gasteiger partial charge in [0.1, 0.15) is 6.10 Å². The number of amides is 1. The van der Waals surface area contributed by atoms with Crippen LogP contribution in [0.15, 0.2) is 0 Å². The van der Waals surface area contributed by atoms with Gasteiger partial charge in [-0.3, -0.25) is 0 Å². The lowest BCUT2D eigenvalue weighted by atomic mass is 10.1. The monoisotopic (exact) mass is 241 g/mol. The van der Waals surface area contributed by atoms with E-state index in [1.54, 1.807) is 6.92 Å². The van der Waals surface area contributed by atoms with Gasteiger partial charge in [-0.05, 0) is 19.3 Å². The lowest BCUT2D eigenvalue weighted by Crippen LogP contribution is -2.39. The smallest absolute Gasteiger partial charge is 0.446 e. The first kappa shape index (κ1) is 15.1. The molecule has 96 valence electrons. The van der Waals surface area contributed by atoms with Gasteiger partial charge in [-0.15, -0.1) is 0 Å². The Balaban J connectivity index is 3.88. The predicted octanol–water partition coefficient (Wildman–Crippen LogP) is 3.59. The maximum Gasteiger partial charge on any atom is 0.487 e. The van der Waals surface area contributed by atoms with Crippen LogP contribution in [0.25, 0.3) is 0 Å². The standard InChI is InChI=1S/C10H18F3NO2/c1-3-5-6-7-8(4-2)16-9(15)14-10(11,12)13/h8H,3-7H2,1-2H3,(H,14,15). The average molecular weight is 241 g/mol. The molecule has 0 spiro atoms. The molecule has 0 aromatic heterocycles. The summed E-state index contributed by atoms with van der Waals surface area (Å²) in [5.41, 5.74) is 0. The summed E-state index contributed by atoms with van der Waals surface area (Å²) in [6.07, 6.45) is -2.59. The molecule has 0 aliphatic heterocycles. The average Bonchev–Trinajstić information content (AvgIpc) is 2.13. The summed E-state index contributed by atoms with van der Waals surface area (Å²) in [7, 11) is 0. The Kier molecular flexibility index (Phi) is 6.92. The SMILES string of the molecule is CCCCCC(CC)OC(=O)NC(F)(F)F. The van der Waals surface area contributed by atoms with E-state index in [9.17, 15) is 18.0 Å². The molecule has 0 saturated heterocycles. The number of nitrogens with one attached hydrogen (secondary N) is 1. The van der Waals surface area contributed by atoms with Crippen LogP contribution in [0.4, 0.5) is 18.0 Å². The second-order valence-corrected chi connectivity index (χ2v) is 3.55. The number of carbonyl (C=O) groups is 1.